The van der Waals surface area contributed by atoms with E-state index in [1.54, 1.807) is 0 Å². The Morgan fingerprint density at radius 1 is 0.929 bits per heavy atom. The third-order valence-electron chi connectivity index (χ3n) is 4.39. The lowest BCUT2D eigenvalue weighted by molar-refractivity contribution is 0.0581. The maximum atomic E-state index is 12.4. The average Bonchev–Trinajstić information content (AvgIpc) is 3.06. The second-order valence-electron chi connectivity index (χ2n) is 5.80. The van der Waals surface area contributed by atoms with E-state index in [1.165, 1.54) is 24.8 Å². The van der Waals surface area contributed by atoms with E-state index in [0.29, 0.717) is 0 Å². The van der Waals surface area contributed by atoms with Crippen LogP contribution in [-0.2, 0) is 21.3 Å². The van der Waals surface area contributed by atoms with Crippen LogP contribution in [0.15, 0.2) is 12.1 Å². The molecule has 10 heteroatoms. The number of phenolic OH excluding ortho intramolecular Hbond substituents is 2. The number of phenols is 2. The lowest BCUT2D eigenvalue weighted by Gasteiger charge is -2.12. The molecule has 1 aromatic carbocycles. The van der Waals surface area contributed by atoms with Gasteiger partial charge in [0.05, 0.1) is 32.4 Å². The molecule has 2 N–H and O–H groups in total. The lowest BCUT2D eigenvalue weighted by Crippen LogP contribution is -2.11. The minimum Gasteiger partial charge on any atom is -0.504 e. The van der Waals surface area contributed by atoms with Crippen LogP contribution in [0.3, 0.4) is 0 Å². The zero-order valence-electron chi connectivity index (χ0n) is 15.4. The summed E-state index contributed by atoms with van der Waals surface area (Å²) in [5.41, 5.74) is -0.328. The number of carbonyl (C=O) groups is 3. The van der Waals surface area contributed by atoms with Gasteiger partial charge in [-0.25, -0.2) is 19.4 Å². The quantitative estimate of drug-likeness (QED) is 0.388. The Morgan fingerprint density at radius 3 is 2.11 bits per heavy atom. The van der Waals surface area contributed by atoms with Crippen LogP contribution in [0.1, 0.15) is 31.3 Å². The van der Waals surface area contributed by atoms with Crippen molar-refractivity contribution in [2.24, 2.45) is 7.05 Å². The molecule has 2 aromatic heterocycles. The highest BCUT2D eigenvalue weighted by Crippen LogP contribution is 2.43. The van der Waals surface area contributed by atoms with Crippen LogP contribution in [-0.4, -0.2) is 59.0 Å². The molecular weight excluding hydrogens is 372 g/mol. The number of fused-ring (bicyclic) bond motifs is 3. The van der Waals surface area contributed by atoms with E-state index in [-0.39, 0.29) is 38.8 Å². The van der Waals surface area contributed by atoms with Crippen molar-refractivity contribution in [1.82, 2.24) is 9.55 Å². The van der Waals surface area contributed by atoms with Gasteiger partial charge in [-0.3, -0.25) is 0 Å². The Bertz CT molecular complexity index is 1160. The fourth-order valence-corrected chi connectivity index (χ4v) is 3.06. The maximum Gasteiger partial charge on any atom is 0.356 e. The van der Waals surface area contributed by atoms with Gasteiger partial charge >= 0.3 is 17.9 Å². The molecule has 0 atom stereocenters. The molecule has 146 valence electrons. The van der Waals surface area contributed by atoms with Gasteiger partial charge in [-0.1, -0.05) is 0 Å². The second kappa shape index (κ2) is 6.72. The van der Waals surface area contributed by atoms with Crippen molar-refractivity contribution in [3.05, 3.63) is 29.1 Å². The van der Waals surface area contributed by atoms with Gasteiger partial charge in [0, 0.05) is 17.8 Å². The Balaban J connectivity index is 2.60. The molecule has 0 aliphatic carbocycles. The molecule has 3 rings (SSSR count). The molecule has 3 aromatic rings. The van der Waals surface area contributed by atoms with Gasteiger partial charge in [0.2, 0.25) is 0 Å². The number of hydrogen-bond acceptors (Lipinski definition) is 9. The van der Waals surface area contributed by atoms with Crippen LogP contribution in [0.2, 0.25) is 0 Å². The molecule has 2 heterocycles. The van der Waals surface area contributed by atoms with Gasteiger partial charge in [-0.05, 0) is 12.1 Å². The summed E-state index contributed by atoms with van der Waals surface area (Å²) in [6.45, 7) is 0. The number of hydrogen-bond donors (Lipinski definition) is 2. The number of aromatic hydroxyl groups is 2. The van der Waals surface area contributed by atoms with Crippen molar-refractivity contribution in [3.8, 4) is 11.5 Å². The molecule has 0 fully saturated rings. The zero-order valence-corrected chi connectivity index (χ0v) is 15.4. The van der Waals surface area contributed by atoms with Gasteiger partial charge in [0.1, 0.15) is 16.9 Å². The fraction of sp³-hybridized carbons (Fsp3) is 0.222. The summed E-state index contributed by atoms with van der Waals surface area (Å²) >= 11 is 0. The summed E-state index contributed by atoms with van der Waals surface area (Å²) in [6, 6.07) is 2.46. The summed E-state index contributed by atoms with van der Waals surface area (Å²) in [7, 11) is 4.99. The third kappa shape index (κ3) is 2.57. The topological polar surface area (TPSA) is 137 Å². The number of carbonyl (C=O) groups excluding carboxylic acids is 3. The first-order valence-electron chi connectivity index (χ1n) is 7.89. The molecule has 28 heavy (non-hydrogen) atoms. The first kappa shape index (κ1) is 19.0. The number of esters is 3. The highest BCUT2D eigenvalue weighted by Gasteiger charge is 2.27. The van der Waals surface area contributed by atoms with Crippen molar-refractivity contribution < 1.29 is 38.8 Å². The van der Waals surface area contributed by atoms with Gasteiger partial charge in [-0.15, -0.1) is 0 Å². The Kier molecular flexibility index (Phi) is 4.55. The van der Waals surface area contributed by atoms with Gasteiger partial charge < -0.3 is 29.0 Å². The van der Waals surface area contributed by atoms with E-state index in [4.69, 9.17) is 9.47 Å². The lowest BCUT2D eigenvalue weighted by atomic mass is 10.0. The van der Waals surface area contributed by atoms with Gasteiger partial charge in [0.15, 0.2) is 11.5 Å². The summed E-state index contributed by atoms with van der Waals surface area (Å²) in [5, 5.41) is 21.1. The van der Waals surface area contributed by atoms with Crippen molar-refractivity contribution in [3.63, 3.8) is 0 Å². The largest absolute Gasteiger partial charge is 0.504 e. The zero-order chi connectivity index (χ0) is 20.7. The molecular formula is C18H16N2O8. The number of nitrogens with zero attached hydrogens (tertiary/aromatic N) is 2. The smallest absolute Gasteiger partial charge is 0.356 e. The number of aromatic nitrogens is 2. The molecule has 0 bridgehead atoms. The monoisotopic (exact) mass is 388 g/mol. The molecule has 0 radical (unpaired) electrons. The molecule has 0 saturated heterocycles. The predicted octanol–water partition coefficient (Wildman–Crippen LogP) is 1.50. The number of pyridine rings is 1. The van der Waals surface area contributed by atoms with Crippen LogP contribution >= 0.6 is 0 Å². The summed E-state index contributed by atoms with van der Waals surface area (Å²) in [5.74, 6) is -3.60. The molecule has 0 saturated carbocycles. The van der Waals surface area contributed by atoms with E-state index in [2.05, 4.69) is 9.72 Å². The van der Waals surface area contributed by atoms with Crippen LogP contribution < -0.4 is 0 Å². The SMILES string of the molecule is COC(=O)c1cc(C(=O)OC)c2c(n1)c(O)c(O)c1cc(C(=O)OC)n(C)c12. The number of rotatable bonds is 3. The Hall–Kier alpha value is -3.82. The van der Waals surface area contributed by atoms with Crippen molar-refractivity contribution >= 4 is 39.7 Å². The molecule has 10 nitrogen and oxygen atoms in total. The van der Waals surface area contributed by atoms with Crippen molar-refractivity contribution in [2.45, 2.75) is 0 Å². The van der Waals surface area contributed by atoms with E-state index in [9.17, 15) is 24.6 Å². The Morgan fingerprint density at radius 2 is 1.54 bits per heavy atom. The third-order valence-corrected chi connectivity index (χ3v) is 4.39. The highest BCUT2D eigenvalue weighted by atomic mass is 16.5. The van der Waals surface area contributed by atoms with Crippen molar-refractivity contribution in [2.75, 3.05) is 21.3 Å². The van der Waals surface area contributed by atoms with Crippen LogP contribution in [0, 0.1) is 0 Å². The molecule has 0 unspecified atom stereocenters. The second-order valence-corrected chi connectivity index (χ2v) is 5.80. The molecule has 0 aliphatic rings. The van der Waals surface area contributed by atoms with E-state index in [1.807, 2.05) is 0 Å². The van der Waals surface area contributed by atoms with Crippen LogP contribution in [0.4, 0.5) is 0 Å². The average molecular weight is 388 g/mol. The van der Waals surface area contributed by atoms with Crippen molar-refractivity contribution in [1.29, 1.82) is 0 Å². The first-order valence-corrected chi connectivity index (χ1v) is 7.89. The number of aryl methyl sites for hydroxylation is 1. The van der Waals surface area contributed by atoms with Crippen LogP contribution in [0.25, 0.3) is 21.8 Å². The number of benzene rings is 1. The number of methoxy groups -OCH3 is 3. The fourth-order valence-electron chi connectivity index (χ4n) is 3.06. The first-order chi connectivity index (χ1) is 13.3. The Labute approximate surface area is 157 Å². The summed E-state index contributed by atoms with van der Waals surface area (Å²) in [6.07, 6.45) is 0. The summed E-state index contributed by atoms with van der Waals surface area (Å²) in [4.78, 5) is 40.4. The van der Waals surface area contributed by atoms with E-state index >= 15 is 0 Å². The van der Waals surface area contributed by atoms with Gasteiger partial charge in [0.25, 0.3) is 0 Å². The molecule has 0 aliphatic heterocycles. The molecule has 0 spiro atoms. The predicted molar refractivity (Wildman–Crippen MR) is 95.6 cm³/mol. The van der Waals surface area contributed by atoms with E-state index < -0.39 is 29.4 Å². The summed E-state index contributed by atoms with van der Waals surface area (Å²) < 4.78 is 15.5. The van der Waals surface area contributed by atoms with Crippen LogP contribution in [0.5, 0.6) is 11.5 Å². The minimum absolute atomic E-state index is 0.0626. The highest BCUT2D eigenvalue weighted by molar-refractivity contribution is 6.20. The van der Waals surface area contributed by atoms with Gasteiger partial charge in [-0.2, -0.15) is 0 Å². The normalized spacial score (nSPS) is 10.9. The minimum atomic E-state index is -0.854. The maximum absolute atomic E-state index is 12.4. The standard InChI is InChI=1S/C18H16N2O8/c1-20-10(18(25)28-4)6-8-13(20)11-7(16(23)26-2)5-9(17(24)27-3)19-12(11)15(22)14(8)21/h5-6,21-22H,1-4H3. The number of ether oxygens (including phenoxy) is 3. The molecule has 0 amide bonds. The van der Waals surface area contributed by atoms with E-state index in [0.717, 1.165) is 20.3 Å².